The summed E-state index contributed by atoms with van der Waals surface area (Å²) in [6.45, 7) is 10.1. The quantitative estimate of drug-likeness (QED) is 0.851. The number of likely N-dealkylation sites (tertiary alicyclic amines) is 1. The molecule has 1 fully saturated rings. The van der Waals surface area contributed by atoms with E-state index in [1.54, 1.807) is 18.3 Å². The van der Waals surface area contributed by atoms with Gasteiger partial charge in [0.15, 0.2) is 0 Å². The molecule has 0 spiro atoms. The SMILES string of the molecule is CC(=O)C1CCCCN1Cc1nc(C(C)(C)C)cs1. The molecule has 0 saturated carbocycles. The summed E-state index contributed by atoms with van der Waals surface area (Å²) in [5, 5.41) is 3.29. The Kier molecular flexibility index (Phi) is 4.41. The Bertz CT molecular complexity index is 447. The van der Waals surface area contributed by atoms with Gasteiger partial charge in [0.05, 0.1) is 18.3 Å². The van der Waals surface area contributed by atoms with Gasteiger partial charge in [0.2, 0.25) is 0 Å². The van der Waals surface area contributed by atoms with Crippen molar-refractivity contribution in [2.24, 2.45) is 0 Å². The molecule has 0 amide bonds. The molecule has 4 heteroatoms. The molecule has 1 aliphatic rings. The van der Waals surface area contributed by atoms with Crippen molar-refractivity contribution in [1.29, 1.82) is 0 Å². The summed E-state index contributed by atoms with van der Waals surface area (Å²) >= 11 is 1.72. The average Bonchev–Trinajstić information content (AvgIpc) is 2.77. The van der Waals surface area contributed by atoms with Crippen LogP contribution in [0, 0.1) is 0 Å². The first-order chi connectivity index (χ1) is 8.88. The van der Waals surface area contributed by atoms with Gasteiger partial charge >= 0.3 is 0 Å². The highest BCUT2D eigenvalue weighted by Crippen LogP contribution is 2.26. The van der Waals surface area contributed by atoms with E-state index in [1.165, 1.54) is 12.8 Å². The maximum absolute atomic E-state index is 11.7. The first kappa shape index (κ1) is 14.7. The van der Waals surface area contributed by atoms with Gasteiger partial charge in [-0.3, -0.25) is 9.69 Å². The Morgan fingerprint density at radius 3 is 2.79 bits per heavy atom. The van der Waals surface area contributed by atoms with Gasteiger partial charge in [-0.05, 0) is 26.3 Å². The zero-order valence-electron chi connectivity index (χ0n) is 12.4. The summed E-state index contributed by atoms with van der Waals surface area (Å²) < 4.78 is 0. The van der Waals surface area contributed by atoms with E-state index in [-0.39, 0.29) is 11.5 Å². The summed E-state index contributed by atoms with van der Waals surface area (Å²) in [6.07, 6.45) is 3.37. The molecule has 2 rings (SSSR count). The number of carbonyl (C=O) groups is 1. The molecule has 1 aromatic heterocycles. The first-order valence-electron chi connectivity index (χ1n) is 7.07. The molecule has 1 unspecified atom stereocenters. The van der Waals surface area contributed by atoms with Crippen molar-refractivity contribution < 1.29 is 4.79 Å². The minimum absolute atomic E-state index is 0.107. The van der Waals surface area contributed by atoms with Crippen LogP contribution < -0.4 is 0 Å². The minimum atomic E-state index is 0.107. The Morgan fingerprint density at radius 2 is 2.21 bits per heavy atom. The van der Waals surface area contributed by atoms with Crippen LogP contribution in [0.2, 0.25) is 0 Å². The van der Waals surface area contributed by atoms with Crippen LogP contribution in [0.25, 0.3) is 0 Å². The number of carbonyl (C=O) groups excluding carboxylic acids is 1. The topological polar surface area (TPSA) is 33.2 Å². The largest absolute Gasteiger partial charge is 0.298 e. The normalized spacial score (nSPS) is 21.6. The number of rotatable bonds is 3. The first-order valence-corrected chi connectivity index (χ1v) is 7.95. The number of ketones is 1. The molecule has 1 atom stereocenters. The lowest BCUT2D eigenvalue weighted by atomic mass is 9.93. The lowest BCUT2D eigenvalue weighted by Crippen LogP contribution is -2.43. The van der Waals surface area contributed by atoms with Gasteiger partial charge in [0.25, 0.3) is 0 Å². The van der Waals surface area contributed by atoms with Crippen LogP contribution in [-0.2, 0) is 16.8 Å². The Labute approximate surface area is 120 Å². The number of hydrogen-bond donors (Lipinski definition) is 0. The summed E-state index contributed by atoms with van der Waals surface area (Å²) in [6, 6.07) is 0.107. The zero-order valence-corrected chi connectivity index (χ0v) is 13.2. The zero-order chi connectivity index (χ0) is 14.0. The van der Waals surface area contributed by atoms with Gasteiger partial charge < -0.3 is 0 Å². The number of hydrogen-bond acceptors (Lipinski definition) is 4. The number of piperidine rings is 1. The molecule has 1 aromatic rings. The van der Waals surface area contributed by atoms with E-state index in [2.05, 4.69) is 31.1 Å². The molecule has 0 aromatic carbocycles. The standard InChI is InChI=1S/C15H24N2OS/c1-11(18)12-7-5-6-8-17(12)9-14-16-13(10-19-14)15(2,3)4/h10,12H,5-9H2,1-4H3. The lowest BCUT2D eigenvalue weighted by Gasteiger charge is -2.33. The second kappa shape index (κ2) is 5.71. The van der Waals surface area contributed by atoms with Gasteiger partial charge in [-0.15, -0.1) is 11.3 Å². The van der Waals surface area contributed by atoms with Crippen LogP contribution >= 0.6 is 11.3 Å². The number of Topliss-reactive ketones (excluding diaryl/α,β-unsaturated/α-hetero) is 1. The van der Waals surface area contributed by atoms with Crippen LogP contribution in [0.4, 0.5) is 0 Å². The molecule has 106 valence electrons. The van der Waals surface area contributed by atoms with E-state index in [9.17, 15) is 4.79 Å². The fraction of sp³-hybridized carbons (Fsp3) is 0.733. The number of thiazole rings is 1. The molecule has 3 nitrogen and oxygen atoms in total. The van der Waals surface area contributed by atoms with Crippen LogP contribution in [0.5, 0.6) is 0 Å². The third kappa shape index (κ3) is 3.63. The highest BCUT2D eigenvalue weighted by atomic mass is 32.1. The van der Waals surface area contributed by atoms with Crippen molar-refractivity contribution in [1.82, 2.24) is 9.88 Å². The fourth-order valence-corrected chi connectivity index (χ4v) is 3.59. The molecular formula is C15H24N2OS. The van der Waals surface area contributed by atoms with E-state index in [0.29, 0.717) is 5.78 Å². The van der Waals surface area contributed by atoms with Crippen molar-refractivity contribution in [3.63, 3.8) is 0 Å². The lowest BCUT2D eigenvalue weighted by molar-refractivity contribution is -0.123. The van der Waals surface area contributed by atoms with E-state index in [1.807, 2.05) is 0 Å². The molecular weight excluding hydrogens is 256 g/mol. The molecule has 0 aliphatic carbocycles. The van der Waals surface area contributed by atoms with E-state index < -0.39 is 0 Å². The van der Waals surface area contributed by atoms with E-state index in [0.717, 1.165) is 30.2 Å². The summed E-state index contributed by atoms with van der Waals surface area (Å²) in [4.78, 5) is 18.7. The van der Waals surface area contributed by atoms with Gasteiger partial charge in [-0.2, -0.15) is 0 Å². The van der Waals surface area contributed by atoms with Crippen molar-refractivity contribution in [2.45, 2.75) is 65.0 Å². The molecule has 2 heterocycles. The monoisotopic (exact) mass is 280 g/mol. The van der Waals surface area contributed by atoms with Crippen LogP contribution in [0.1, 0.15) is 57.7 Å². The van der Waals surface area contributed by atoms with E-state index in [4.69, 9.17) is 4.98 Å². The average molecular weight is 280 g/mol. The molecule has 1 aliphatic heterocycles. The molecule has 19 heavy (non-hydrogen) atoms. The predicted octanol–water partition coefficient (Wildman–Crippen LogP) is 3.38. The predicted molar refractivity (Wildman–Crippen MR) is 79.5 cm³/mol. The van der Waals surface area contributed by atoms with Gasteiger partial charge in [0, 0.05) is 10.8 Å². The number of aromatic nitrogens is 1. The molecule has 0 N–H and O–H groups in total. The fourth-order valence-electron chi connectivity index (χ4n) is 2.54. The third-order valence-corrected chi connectivity index (χ3v) is 4.58. The minimum Gasteiger partial charge on any atom is -0.298 e. The number of nitrogens with zero attached hydrogens (tertiary/aromatic N) is 2. The molecule has 0 bridgehead atoms. The smallest absolute Gasteiger partial charge is 0.146 e. The Hall–Kier alpha value is -0.740. The molecule has 0 radical (unpaired) electrons. The van der Waals surface area contributed by atoms with Crippen LogP contribution in [-0.4, -0.2) is 28.3 Å². The summed E-state index contributed by atoms with van der Waals surface area (Å²) in [5.74, 6) is 0.298. The Morgan fingerprint density at radius 1 is 1.47 bits per heavy atom. The van der Waals surface area contributed by atoms with Gasteiger partial charge in [-0.25, -0.2) is 4.98 Å². The second-order valence-electron chi connectivity index (χ2n) is 6.47. The second-order valence-corrected chi connectivity index (χ2v) is 7.41. The summed E-state index contributed by atoms with van der Waals surface area (Å²) in [5.41, 5.74) is 1.26. The van der Waals surface area contributed by atoms with Crippen LogP contribution in [0.3, 0.4) is 0 Å². The van der Waals surface area contributed by atoms with E-state index >= 15 is 0 Å². The Balaban J connectivity index is 2.07. The maximum atomic E-state index is 11.7. The molecule has 1 saturated heterocycles. The van der Waals surface area contributed by atoms with Crippen molar-refractivity contribution in [3.8, 4) is 0 Å². The van der Waals surface area contributed by atoms with Crippen molar-refractivity contribution in [3.05, 3.63) is 16.1 Å². The maximum Gasteiger partial charge on any atom is 0.146 e. The van der Waals surface area contributed by atoms with Crippen LogP contribution in [0.15, 0.2) is 5.38 Å². The van der Waals surface area contributed by atoms with Gasteiger partial charge in [-0.1, -0.05) is 27.2 Å². The van der Waals surface area contributed by atoms with Crippen molar-refractivity contribution >= 4 is 17.1 Å². The third-order valence-electron chi connectivity index (χ3n) is 3.74. The summed E-state index contributed by atoms with van der Waals surface area (Å²) in [7, 11) is 0. The van der Waals surface area contributed by atoms with Gasteiger partial charge in [0.1, 0.15) is 10.8 Å². The highest BCUT2D eigenvalue weighted by Gasteiger charge is 2.27. The van der Waals surface area contributed by atoms with Crippen molar-refractivity contribution in [2.75, 3.05) is 6.54 Å². The highest BCUT2D eigenvalue weighted by molar-refractivity contribution is 7.09.